The van der Waals surface area contributed by atoms with Crippen LogP contribution in [0.5, 0.6) is 0 Å². The summed E-state index contributed by atoms with van der Waals surface area (Å²) in [6, 6.07) is 19.4. The van der Waals surface area contributed by atoms with Gasteiger partial charge in [-0.15, -0.1) is 11.3 Å². The van der Waals surface area contributed by atoms with E-state index in [0.717, 1.165) is 11.8 Å². The van der Waals surface area contributed by atoms with Gasteiger partial charge in [-0.1, -0.05) is 64.5 Å². The third kappa shape index (κ3) is 2.75. The average molecular weight is 331 g/mol. The van der Waals surface area contributed by atoms with Gasteiger partial charge in [0.05, 0.1) is 0 Å². The standard InChI is InChI=1S/C17H15BrS/c18-11-14(13-6-2-1-3-7-13)10-15-12-19-17-9-5-4-8-16(15)17/h1-9,12,14H,10-11H2. The van der Waals surface area contributed by atoms with E-state index in [0.29, 0.717) is 5.92 Å². The van der Waals surface area contributed by atoms with Gasteiger partial charge in [-0.25, -0.2) is 0 Å². The van der Waals surface area contributed by atoms with Crippen LogP contribution in [0.3, 0.4) is 0 Å². The van der Waals surface area contributed by atoms with Crippen LogP contribution in [0.2, 0.25) is 0 Å². The Balaban J connectivity index is 1.91. The smallest absolute Gasteiger partial charge is 0.0345 e. The Bertz CT molecular complexity index is 657. The molecule has 2 heteroatoms. The summed E-state index contributed by atoms with van der Waals surface area (Å²) in [4.78, 5) is 0. The molecule has 3 aromatic rings. The van der Waals surface area contributed by atoms with Crippen LogP contribution in [0.25, 0.3) is 10.1 Å². The quantitative estimate of drug-likeness (QED) is 0.544. The minimum Gasteiger partial charge on any atom is -0.144 e. The minimum absolute atomic E-state index is 0.541. The Morgan fingerprint density at radius 2 is 1.68 bits per heavy atom. The molecule has 0 aliphatic rings. The zero-order chi connectivity index (χ0) is 13.1. The van der Waals surface area contributed by atoms with E-state index in [1.54, 1.807) is 0 Å². The van der Waals surface area contributed by atoms with E-state index in [2.05, 4.69) is 75.9 Å². The molecule has 0 nitrogen and oxygen atoms in total. The van der Waals surface area contributed by atoms with Crippen LogP contribution in [0, 0.1) is 0 Å². The predicted molar refractivity (Wildman–Crippen MR) is 88.5 cm³/mol. The van der Waals surface area contributed by atoms with Gasteiger partial charge in [0.15, 0.2) is 0 Å². The zero-order valence-electron chi connectivity index (χ0n) is 10.6. The molecule has 0 aliphatic carbocycles. The Labute approximate surface area is 126 Å². The van der Waals surface area contributed by atoms with Gasteiger partial charge in [0.2, 0.25) is 0 Å². The highest BCUT2D eigenvalue weighted by molar-refractivity contribution is 9.09. The van der Waals surface area contributed by atoms with Crippen LogP contribution >= 0.6 is 27.3 Å². The summed E-state index contributed by atoms with van der Waals surface area (Å²) in [6.45, 7) is 0. The number of thiophene rings is 1. The third-order valence-electron chi connectivity index (χ3n) is 3.48. The van der Waals surface area contributed by atoms with Crippen molar-refractivity contribution in [1.82, 2.24) is 0 Å². The van der Waals surface area contributed by atoms with Gasteiger partial charge in [0.1, 0.15) is 0 Å². The molecule has 0 amide bonds. The summed E-state index contributed by atoms with van der Waals surface area (Å²) in [5.41, 5.74) is 2.88. The normalized spacial score (nSPS) is 12.7. The molecule has 0 spiro atoms. The number of alkyl halides is 1. The number of hydrogen-bond acceptors (Lipinski definition) is 1. The summed E-state index contributed by atoms with van der Waals surface area (Å²) < 4.78 is 1.39. The number of halogens is 1. The lowest BCUT2D eigenvalue weighted by molar-refractivity contribution is 0.781. The van der Waals surface area contributed by atoms with Crippen molar-refractivity contribution in [2.45, 2.75) is 12.3 Å². The van der Waals surface area contributed by atoms with Crippen LogP contribution in [-0.2, 0) is 6.42 Å². The molecule has 0 saturated heterocycles. The molecule has 2 aromatic carbocycles. The maximum Gasteiger partial charge on any atom is 0.0345 e. The van der Waals surface area contributed by atoms with E-state index in [1.807, 2.05) is 11.3 Å². The molecular weight excluding hydrogens is 316 g/mol. The first-order valence-electron chi connectivity index (χ1n) is 6.44. The molecule has 0 fully saturated rings. The summed E-state index contributed by atoms with van der Waals surface area (Å²) in [5.74, 6) is 0.541. The molecule has 0 saturated carbocycles. The summed E-state index contributed by atoms with van der Waals surface area (Å²) in [5, 5.41) is 4.72. The van der Waals surface area contributed by atoms with Gasteiger partial charge in [-0.2, -0.15) is 0 Å². The molecule has 0 N–H and O–H groups in total. The molecule has 96 valence electrons. The SMILES string of the molecule is BrCC(Cc1csc2ccccc12)c1ccccc1. The molecule has 0 radical (unpaired) electrons. The highest BCUT2D eigenvalue weighted by Crippen LogP contribution is 2.31. The summed E-state index contributed by atoms with van der Waals surface area (Å²) >= 11 is 5.51. The second-order valence-electron chi connectivity index (χ2n) is 4.72. The van der Waals surface area contributed by atoms with Crippen molar-refractivity contribution in [2.24, 2.45) is 0 Å². The van der Waals surface area contributed by atoms with Gasteiger partial charge in [0.25, 0.3) is 0 Å². The Morgan fingerprint density at radius 1 is 0.947 bits per heavy atom. The monoisotopic (exact) mass is 330 g/mol. The van der Waals surface area contributed by atoms with Crippen LogP contribution < -0.4 is 0 Å². The number of benzene rings is 2. The lowest BCUT2D eigenvalue weighted by Gasteiger charge is -2.14. The first-order chi connectivity index (χ1) is 9.38. The van der Waals surface area contributed by atoms with E-state index < -0.39 is 0 Å². The Hall–Kier alpha value is -1.12. The fourth-order valence-electron chi connectivity index (χ4n) is 2.44. The van der Waals surface area contributed by atoms with Gasteiger partial charge < -0.3 is 0 Å². The van der Waals surface area contributed by atoms with E-state index in [4.69, 9.17) is 0 Å². The first-order valence-corrected chi connectivity index (χ1v) is 8.44. The average Bonchev–Trinajstić information content (AvgIpc) is 2.89. The summed E-state index contributed by atoms with van der Waals surface area (Å²) in [6.07, 6.45) is 1.10. The molecule has 0 aliphatic heterocycles. The molecule has 1 unspecified atom stereocenters. The molecule has 0 bridgehead atoms. The maximum atomic E-state index is 3.67. The van der Waals surface area contributed by atoms with Crippen molar-refractivity contribution >= 4 is 37.4 Å². The third-order valence-corrected chi connectivity index (χ3v) is 5.28. The Kier molecular flexibility index (Phi) is 4.00. The second-order valence-corrected chi connectivity index (χ2v) is 6.28. The highest BCUT2D eigenvalue weighted by atomic mass is 79.9. The fraction of sp³-hybridized carbons (Fsp3) is 0.176. The van der Waals surface area contributed by atoms with Gasteiger partial charge in [-0.3, -0.25) is 0 Å². The van der Waals surface area contributed by atoms with Crippen molar-refractivity contribution in [1.29, 1.82) is 0 Å². The number of fused-ring (bicyclic) bond motifs is 1. The zero-order valence-corrected chi connectivity index (χ0v) is 13.0. The van der Waals surface area contributed by atoms with Crippen LogP contribution in [0.15, 0.2) is 60.0 Å². The van der Waals surface area contributed by atoms with Crippen LogP contribution in [0.1, 0.15) is 17.0 Å². The van der Waals surface area contributed by atoms with Gasteiger partial charge >= 0.3 is 0 Å². The molecule has 1 heterocycles. The lowest BCUT2D eigenvalue weighted by Crippen LogP contribution is -2.03. The second kappa shape index (κ2) is 5.89. The van der Waals surface area contributed by atoms with E-state index >= 15 is 0 Å². The molecule has 1 atom stereocenters. The van der Waals surface area contributed by atoms with E-state index in [9.17, 15) is 0 Å². The van der Waals surface area contributed by atoms with Crippen molar-refractivity contribution in [3.63, 3.8) is 0 Å². The topological polar surface area (TPSA) is 0 Å². The number of rotatable bonds is 4. The predicted octanol–water partition coefficient (Wildman–Crippen LogP) is 5.62. The maximum absolute atomic E-state index is 3.67. The van der Waals surface area contributed by atoms with Crippen LogP contribution in [-0.4, -0.2) is 5.33 Å². The van der Waals surface area contributed by atoms with E-state index in [-0.39, 0.29) is 0 Å². The minimum atomic E-state index is 0.541. The van der Waals surface area contributed by atoms with Crippen LogP contribution in [0.4, 0.5) is 0 Å². The van der Waals surface area contributed by atoms with Crippen molar-refractivity contribution in [3.05, 3.63) is 71.1 Å². The molecule has 3 rings (SSSR count). The highest BCUT2D eigenvalue weighted by Gasteiger charge is 2.13. The van der Waals surface area contributed by atoms with Gasteiger partial charge in [0, 0.05) is 10.0 Å². The largest absolute Gasteiger partial charge is 0.144 e. The van der Waals surface area contributed by atoms with Gasteiger partial charge in [-0.05, 0) is 40.3 Å². The lowest BCUT2D eigenvalue weighted by atomic mass is 9.93. The van der Waals surface area contributed by atoms with E-state index in [1.165, 1.54) is 21.2 Å². The summed E-state index contributed by atoms with van der Waals surface area (Å²) in [7, 11) is 0. The fourth-order valence-corrected chi connectivity index (χ4v) is 4.02. The van der Waals surface area contributed by atoms with Crippen molar-refractivity contribution in [3.8, 4) is 0 Å². The van der Waals surface area contributed by atoms with Crippen molar-refractivity contribution < 1.29 is 0 Å². The molecular formula is C17H15BrS. The molecule has 1 aromatic heterocycles. The first kappa shape index (κ1) is 12.9. The molecule has 19 heavy (non-hydrogen) atoms. The number of hydrogen-bond donors (Lipinski definition) is 0. The Morgan fingerprint density at radius 3 is 2.47 bits per heavy atom. The van der Waals surface area contributed by atoms with Crippen molar-refractivity contribution in [2.75, 3.05) is 5.33 Å².